The Labute approximate surface area is 146 Å². The molecule has 2 nitrogen and oxygen atoms in total. The predicted octanol–water partition coefficient (Wildman–Crippen LogP) is 5.02. The normalized spacial score (nSPS) is 12.2. The van der Waals surface area contributed by atoms with Crippen molar-refractivity contribution in [3.63, 3.8) is 0 Å². The second-order valence-electron chi connectivity index (χ2n) is 5.73. The van der Waals surface area contributed by atoms with Crippen molar-refractivity contribution in [3.05, 3.63) is 65.2 Å². The molecule has 2 rings (SSSR count). The molecule has 0 saturated heterocycles. The van der Waals surface area contributed by atoms with E-state index in [1.807, 2.05) is 0 Å². The molecule has 0 aliphatic carbocycles. The first-order valence-electron chi connectivity index (χ1n) is 7.81. The first kappa shape index (κ1) is 20.1. The number of halogens is 6. The third kappa shape index (κ3) is 7.77. The fourth-order valence-corrected chi connectivity index (χ4v) is 2.44. The third-order valence-corrected chi connectivity index (χ3v) is 3.45. The molecule has 2 aromatic carbocycles. The zero-order valence-corrected chi connectivity index (χ0v) is 13.6. The van der Waals surface area contributed by atoms with Gasteiger partial charge < -0.3 is 10.1 Å². The molecular weight excluding hydrogens is 360 g/mol. The maximum absolute atomic E-state index is 12.4. The van der Waals surface area contributed by atoms with Crippen LogP contribution < -0.4 is 10.1 Å². The summed E-state index contributed by atoms with van der Waals surface area (Å²) in [6.07, 6.45) is -9.52. The Morgan fingerprint density at radius 3 is 2.15 bits per heavy atom. The minimum Gasteiger partial charge on any atom is -0.406 e. The summed E-state index contributed by atoms with van der Waals surface area (Å²) < 4.78 is 77.7. The Kier molecular flexibility index (Phi) is 6.52. The second-order valence-corrected chi connectivity index (χ2v) is 5.73. The Morgan fingerprint density at radius 2 is 1.46 bits per heavy atom. The molecule has 0 bridgehead atoms. The van der Waals surface area contributed by atoms with Gasteiger partial charge in [0.15, 0.2) is 0 Å². The zero-order valence-electron chi connectivity index (χ0n) is 13.6. The molecule has 0 fully saturated rings. The summed E-state index contributed by atoms with van der Waals surface area (Å²) in [5.41, 5.74) is 1.56. The van der Waals surface area contributed by atoms with Gasteiger partial charge in [-0.15, -0.1) is 13.2 Å². The van der Waals surface area contributed by atoms with Gasteiger partial charge in [0.25, 0.3) is 0 Å². The lowest BCUT2D eigenvalue weighted by atomic mass is 10.1. The van der Waals surface area contributed by atoms with Crippen molar-refractivity contribution in [2.24, 2.45) is 0 Å². The Morgan fingerprint density at radius 1 is 0.808 bits per heavy atom. The number of alkyl halides is 6. The van der Waals surface area contributed by atoms with Gasteiger partial charge in [-0.3, -0.25) is 0 Å². The van der Waals surface area contributed by atoms with Crippen molar-refractivity contribution in [1.82, 2.24) is 5.32 Å². The van der Waals surface area contributed by atoms with Crippen LogP contribution in [0.25, 0.3) is 0 Å². The molecule has 0 saturated carbocycles. The minimum atomic E-state index is -4.74. The van der Waals surface area contributed by atoms with Crippen LogP contribution in [0.3, 0.4) is 0 Å². The van der Waals surface area contributed by atoms with Gasteiger partial charge in [-0.1, -0.05) is 36.4 Å². The number of nitrogens with one attached hydrogen (secondary N) is 1. The molecule has 0 spiro atoms. The third-order valence-electron chi connectivity index (χ3n) is 3.45. The number of hydrogen-bond donors (Lipinski definition) is 1. The minimum absolute atomic E-state index is 0.189. The standard InChI is InChI=1S/C18H17F6NO/c19-17(20,21)11-14-4-1-5-15(9-14)12-25-8-7-13-3-2-6-16(10-13)26-18(22,23)24/h1-6,9-10,25H,7-8,11-12H2. The highest BCUT2D eigenvalue weighted by atomic mass is 19.4. The summed E-state index contributed by atoms with van der Waals surface area (Å²) in [5.74, 6) is -0.283. The van der Waals surface area contributed by atoms with Gasteiger partial charge in [-0.2, -0.15) is 13.2 Å². The molecule has 142 valence electrons. The molecule has 0 heterocycles. The SMILES string of the molecule is FC(F)(F)Cc1cccc(CNCCc2cccc(OC(F)(F)F)c2)c1. The maximum Gasteiger partial charge on any atom is 0.573 e. The highest BCUT2D eigenvalue weighted by Crippen LogP contribution is 2.23. The van der Waals surface area contributed by atoms with E-state index < -0.39 is 19.0 Å². The maximum atomic E-state index is 12.4. The van der Waals surface area contributed by atoms with E-state index in [1.165, 1.54) is 30.3 Å². The van der Waals surface area contributed by atoms with Crippen LogP contribution in [0.2, 0.25) is 0 Å². The van der Waals surface area contributed by atoms with Crippen LogP contribution in [0.1, 0.15) is 16.7 Å². The van der Waals surface area contributed by atoms with Gasteiger partial charge in [-0.05, 0) is 41.8 Å². The average molecular weight is 377 g/mol. The van der Waals surface area contributed by atoms with Gasteiger partial charge in [0.05, 0.1) is 6.42 Å². The van der Waals surface area contributed by atoms with E-state index in [0.717, 1.165) is 0 Å². The Bertz CT molecular complexity index is 650. The van der Waals surface area contributed by atoms with Crippen molar-refractivity contribution in [2.75, 3.05) is 6.54 Å². The monoisotopic (exact) mass is 377 g/mol. The second kappa shape index (κ2) is 8.44. The molecule has 0 aliphatic rings. The summed E-state index contributed by atoms with van der Waals surface area (Å²) in [6, 6.07) is 11.9. The molecule has 0 atom stereocenters. The predicted molar refractivity (Wildman–Crippen MR) is 84.7 cm³/mol. The van der Waals surface area contributed by atoms with Crippen LogP contribution in [0.5, 0.6) is 5.75 Å². The molecule has 0 aliphatic heterocycles. The summed E-state index contributed by atoms with van der Waals surface area (Å²) in [7, 11) is 0. The number of rotatable bonds is 7. The number of hydrogen-bond acceptors (Lipinski definition) is 2. The van der Waals surface area contributed by atoms with Crippen LogP contribution >= 0.6 is 0 Å². The van der Waals surface area contributed by atoms with Gasteiger partial charge >= 0.3 is 12.5 Å². The largest absolute Gasteiger partial charge is 0.573 e. The molecule has 1 N–H and O–H groups in total. The molecule has 0 amide bonds. The lowest BCUT2D eigenvalue weighted by Gasteiger charge is -2.11. The van der Waals surface area contributed by atoms with Crippen LogP contribution in [-0.4, -0.2) is 19.1 Å². The number of benzene rings is 2. The van der Waals surface area contributed by atoms with Crippen molar-refractivity contribution in [3.8, 4) is 5.75 Å². The van der Waals surface area contributed by atoms with E-state index in [-0.39, 0.29) is 11.3 Å². The number of ether oxygens (including phenoxy) is 1. The van der Waals surface area contributed by atoms with Gasteiger partial charge in [0.2, 0.25) is 0 Å². The van der Waals surface area contributed by atoms with E-state index in [4.69, 9.17) is 0 Å². The zero-order chi connectivity index (χ0) is 19.2. The summed E-state index contributed by atoms with van der Waals surface area (Å²) in [6.45, 7) is 0.823. The summed E-state index contributed by atoms with van der Waals surface area (Å²) in [4.78, 5) is 0. The van der Waals surface area contributed by atoms with Crippen molar-refractivity contribution < 1.29 is 31.1 Å². The molecule has 0 unspecified atom stereocenters. The fourth-order valence-electron chi connectivity index (χ4n) is 2.44. The lowest BCUT2D eigenvalue weighted by molar-refractivity contribution is -0.274. The van der Waals surface area contributed by atoms with Crippen LogP contribution in [0, 0.1) is 0 Å². The first-order chi connectivity index (χ1) is 12.1. The van der Waals surface area contributed by atoms with E-state index in [2.05, 4.69) is 10.1 Å². The average Bonchev–Trinajstić information content (AvgIpc) is 2.49. The van der Waals surface area contributed by atoms with Gasteiger partial charge in [0, 0.05) is 6.54 Å². The first-order valence-corrected chi connectivity index (χ1v) is 7.81. The quantitative estimate of drug-likeness (QED) is 0.540. The highest BCUT2D eigenvalue weighted by molar-refractivity contribution is 5.29. The summed E-state index contributed by atoms with van der Waals surface area (Å²) in [5, 5.41) is 3.06. The van der Waals surface area contributed by atoms with Crippen molar-refractivity contribution in [2.45, 2.75) is 31.9 Å². The van der Waals surface area contributed by atoms with E-state index in [0.29, 0.717) is 30.6 Å². The van der Waals surface area contributed by atoms with Gasteiger partial charge in [0.1, 0.15) is 5.75 Å². The molecular formula is C18H17F6NO. The van der Waals surface area contributed by atoms with Crippen LogP contribution in [0.15, 0.2) is 48.5 Å². The van der Waals surface area contributed by atoms with E-state index >= 15 is 0 Å². The Hall–Kier alpha value is -2.22. The fraction of sp³-hybridized carbons (Fsp3) is 0.333. The Balaban J connectivity index is 1.82. The molecule has 0 aromatic heterocycles. The smallest absolute Gasteiger partial charge is 0.406 e. The molecule has 26 heavy (non-hydrogen) atoms. The van der Waals surface area contributed by atoms with Crippen molar-refractivity contribution in [1.29, 1.82) is 0 Å². The molecule has 8 heteroatoms. The van der Waals surface area contributed by atoms with Crippen LogP contribution in [-0.2, 0) is 19.4 Å². The van der Waals surface area contributed by atoms with Gasteiger partial charge in [-0.25, -0.2) is 0 Å². The molecule has 0 radical (unpaired) electrons. The summed E-state index contributed by atoms with van der Waals surface area (Å²) >= 11 is 0. The lowest BCUT2D eigenvalue weighted by Crippen LogP contribution is -2.18. The van der Waals surface area contributed by atoms with E-state index in [9.17, 15) is 26.3 Å². The molecule has 2 aromatic rings. The van der Waals surface area contributed by atoms with Crippen LogP contribution in [0.4, 0.5) is 26.3 Å². The topological polar surface area (TPSA) is 21.3 Å². The van der Waals surface area contributed by atoms with E-state index in [1.54, 1.807) is 18.2 Å². The highest BCUT2D eigenvalue weighted by Gasteiger charge is 2.31. The van der Waals surface area contributed by atoms with Crippen molar-refractivity contribution >= 4 is 0 Å².